The van der Waals surface area contributed by atoms with E-state index in [0.717, 1.165) is 55.8 Å². The summed E-state index contributed by atoms with van der Waals surface area (Å²) in [6, 6.07) is 5.55. The highest BCUT2D eigenvalue weighted by atomic mass is 35.5. The van der Waals surface area contributed by atoms with E-state index in [4.69, 9.17) is 11.6 Å². The topological polar surface area (TPSA) is 38.1 Å². The van der Waals surface area contributed by atoms with Gasteiger partial charge in [-0.05, 0) is 63.9 Å². The molecule has 2 aromatic rings. The Morgan fingerprint density at radius 1 is 1.36 bits per heavy atom. The average Bonchev–Trinajstić information content (AvgIpc) is 2.94. The Morgan fingerprint density at radius 2 is 2.16 bits per heavy atom. The maximum absolute atomic E-state index is 13.0. The summed E-state index contributed by atoms with van der Waals surface area (Å²) in [6.07, 6.45) is 4.15. The highest BCUT2D eigenvalue weighted by Gasteiger charge is 2.27. The number of likely N-dealkylation sites (tertiary alicyclic amines) is 1. The minimum Gasteiger partial charge on any atom is -0.298 e. The van der Waals surface area contributed by atoms with Gasteiger partial charge in [-0.3, -0.25) is 14.4 Å². The van der Waals surface area contributed by atoms with Gasteiger partial charge in [0.25, 0.3) is 0 Å². The Hall–Kier alpha value is -1.65. The van der Waals surface area contributed by atoms with Crippen molar-refractivity contribution in [3.63, 3.8) is 0 Å². The fraction of sp³-hybridized carbons (Fsp3) is 0.500. The molecular formula is C20H26ClN3O. The SMILES string of the molecule is CCn1cc(CN2CCCC(C(=O)c3ccc(Cl)cc3C)C2)c(C)n1. The van der Waals surface area contributed by atoms with Gasteiger partial charge in [0.15, 0.2) is 5.78 Å². The first kappa shape index (κ1) is 18.2. The van der Waals surface area contributed by atoms with E-state index in [-0.39, 0.29) is 11.7 Å². The normalized spacial score (nSPS) is 18.5. The van der Waals surface area contributed by atoms with Crippen LogP contribution in [-0.2, 0) is 13.1 Å². The molecule has 4 nitrogen and oxygen atoms in total. The van der Waals surface area contributed by atoms with Crippen molar-refractivity contribution >= 4 is 17.4 Å². The lowest BCUT2D eigenvalue weighted by Crippen LogP contribution is -2.38. The standard InChI is InChI=1S/C20H26ClN3O/c1-4-24-13-17(15(3)22-24)12-23-9-5-6-16(11-23)20(25)19-8-7-18(21)10-14(19)2/h7-8,10,13,16H,4-6,9,11-12H2,1-3H3. The molecule has 5 heteroatoms. The fourth-order valence-electron chi connectivity index (χ4n) is 3.65. The summed E-state index contributed by atoms with van der Waals surface area (Å²) in [5.74, 6) is 0.315. The number of hydrogen-bond donors (Lipinski definition) is 0. The van der Waals surface area contributed by atoms with Crippen LogP contribution in [0, 0.1) is 19.8 Å². The van der Waals surface area contributed by atoms with Crippen LogP contribution >= 0.6 is 11.6 Å². The Morgan fingerprint density at radius 3 is 2.84 bits per heavy atom. The van der Waals surface area contributed by atoms with Gasteiger partial charge < -0.3 is 0 Å². The van der Waals surface area contributed by atoms with Crippen molar-refractivity contribution in [3.05, 3.63) is 51.8 Å². The first-order valence-corrected chi connectivity index (χ1v) is 9.41. The summed E-state index contributed by atoms with van der Waals surface area (Å²) in [5.41, 5.74) is 4.13. The third kappa shape index (κ3) is 4.13. The summed E-state index contributed by atoms with van der Waals surface area (Å²) in [5, 5.41) is 5.21. The van der Waals surface area contributed by atoms with E-state index in [2.05, 4.69) is 30.0 Å². The second-order valence-electron chi connectivity index (χ2n) is 6.99. The average molecular weight is 360 g/mol. The number of benzene rings is 1. The van der Waals surface area contributed by atoms with Crippen LogP contribution in [0.1, 0.15) is 46.9 Å². The molecule has 0 bridgehead atoms. The summed E-state index contributed by atoms with van der Waals surface area (Å²) in [7, 11) is 0. The van der Waals surface area contributed by atoms with Gasteiger partial charge in [-0.1, -0.05) is 11.6 Å². The minimum atomic E-state index is 0.0650. The van der Waals surface area contributed by atoms with Crippen LogP contribution in [0.15, 0.2) is 24.4 Å². The number of piperidine rings is 1. The van der Waals surface area contributed by atoms with Crippen LogP contribution in [-0.4, -0.2) is 33.6 Å². The molecule has 0 spiro atoms. The van der Waals surface area contributed by atoms with E-state index in [9.17, 15) is 4.79 Å². The zero-order valence-corrected chi connectivity index (χ0v) is 16.0. The molecule has 0 aliphatic carbocycles. The largest absolute Gasteiger partial charge is 0.298 e. The molecule has 1 aliphatic rings. The Balaban J connectivity index is 1.70. The van der Waals surface area contributed by atoms with E-state index in [1.165, 1.54) is 5.56 Å². The Labute approximate surface area is 154 Å². The molecule has 134 valence electrons. The Bertz CT molecular complexity index is 768. The van der Waals surface area contributed by atoms with E-state index in [1.54, 1.807) is 0 Å². The number of rotatable bonds is 5. The van der Waals surface area contributed by atoms with Crippen LogP contribution in [0.4, 0.5) is 0 Å². The van der Waals surface area contributed by atoms with Crippen LogP contribution < -0.4 is 0 Å². The van der Waals surface area contributed by atoms with Gasteiger partial charge in [-0.2, -0.15) is 5.10 Å². The van der Waals surface area contributed by atoms with Crippen molar-refractivity contribution in [1.29, 1.82) is 0 Å². The monoisotopic (exact) mass is 359 g/mol. The molecule has 0 amide bonds. The zero-order chi connectivity index (χ0) is 18.0. The van der Waals surface area contributed by atoms with E-state index >= 15 is 0 Å². The molecule has 0 radical (unpaired) electrons. The number of carbonyl (C=O) groups excluding carboxylic acids is 1. The molecule has 25 heavy (non-hydrogen) atoms. The summed E-state index contributed by atoms with van der Waals surface area (Å²) in [6.45, 7) is 9.73. The second-order valence-corrected chi connectivity index (χ2v) is 7.43. The lowest BCUT2D eigenvalue weighted by Gasteiger charge is -2.32. The van der Waals surface area contributed by atoms with Gasteiger partial charge >= 0.3 is 0 Å². The van der Waals surface area contributed by atoms with Crippen molar-refractivity contribution in [2.24, 2.45) is 5.92 Å². The third-order valence-corrected chi connectivity index (χ3v) is 5.33. The maximum atomic E-state index is 13.0. The third-order valence-electron chi connectivity index (χ3n) is 5.10. The molecule has 0 saturated carbocycles. The van der Waals surface area contributed by atoms with E-state index in [0.29, 0.717) is 5.02 Å². The van der Waals surface area contributed by atoms with Crippen LogP contribution in [0.2, 0.25) is 5.02 Å². The van der Waals surface area contributed by atoms with Gasteiger partial charge in [0.1, 0.15) is 0 Å². The first-order valence-electron chi connectivity index (χ1n) is 9.03. The van der Waals surface area contributed by atoms with E-state index in [1.807, 2.05) is 29.8 Å². The highest BCUT2D eigenvalue weighted by molar-refractivity contribution is 6.30. The number of ketones is 1. The van der Waals surface area contributed by atoms with Gasteiger partial charge in [-0.15, -0.1) is 0 Å². The number of aryl methyl sites for hydroxylation is 3. The van der Waals surface area contributed by atoms with Crippen molar-refractivity contribution < 1.29 is 4.79 Å². The summed E-state index contributed by atoms with van der Waals surface area (Å²) < 4.78 is 1.98. The number of halogens is 1. The number of aromatic nitrogens is 2. The van der Waals surface area contributed by atoms with Crippen molar-refractivity contribution in [2.75, 3.05) is 13.1 Å². The number of nitrogens with zero attached hydrogens (tertiary/aromatic N) is 3. The van der Waals surface area contributed by atoms with E-state index < -0.39 is 0 Å². The molecule has 1 unspecified atom stereocenters. The second kappa shape index (κ2) is 7.71. The fourth-order valence-corrected chi connectivity index (χ4v) is 3.88. The summed E-state index contributed by atoms with van der Waals surface area (Å²) >= 11 is 6.02. The number of Topliss-reactive ketones (excluding diaryl/α,β-unsaturated/α-hetero) is 1. The quantitative estimate of drug-likeness (QED) is 0.748. The van der Waals surface area contributed by atoms with Crippen LogP contribution in [0.25, 0.3) is 0 Å². The van der Waals surface area contributed by atoms with Crippen molar-refractivity contribution in [3.8, 4) is 0 Å². The lowest BCUT2D eigenvalue weighted by atomic mass is 9.88. The smallest absolute Gasteiger partial charge is 0.167 e. The van der Waals surface area contributed by atoms with Crippen LogP contribution in [0.3, 0.4) is 0 Å². The predicted octanol–water partition coefficient (Wildman–Crippen LogP) is 4.27. The molecule has 1 aromatic carbocycles. The van der Waals surface area contributed by atoms with Gasteiger partial charge in [0.05, 0.1) is 5.69 Å². The highest BCUT2D eigenvalue weighted by Crippen LogP contribution is 2.25. The lowest BCUT2D eigenvalue weighted by molar-refractivity contribution is 0.0811. The molecule has 3 rings (SSSR count). The van der Waals surface area contributed by atoms with Gasteiger partial charge in [-0.25, -0.2) is 0 Å². The maximum Gasteiger partial charge on any atom is 0.167 e. The van der Waals surface area contributed by atoms with Crippen molar-refractivity contribution in [1.82, 2.24) is 14.7 Å². The van der Waals surface area contributed by atoms with Gasteiger partial charge in [0.2, 0.25) is 0 Å². The molecule has 1 aliphatic heterocycles. The van der Waals surface area contributed by atoms with Crippen LogP contribution in [0.5, 0.6) is 0 Å². The predicted molar refractivity (Wildman–Crippen MR) is 101 cm³/mol. The summed E-state index contributed by atoms with van der Waals surface area (Å²) in [4.78, 5) is 15.4. The molecule has 2 heterocycles. The molecule has 1 saturated heterocycles. The van der Waals surface area contributed by atoms with Gasteiger partial charge in [0, 0.05) is 47.9 Å². The zero-order valence-electron chi connectivity index (χ0n) is 15.3. The molecule has 0 N–H and O–H groups in total. The molecule has 1 aromatic heterocycles. The number of hydrogen-bond acceptors (Lipinski definition) is 3. The first-order chi connectivity index (χ1) is 12.0. The molecular weight excluding hydrogens is 334 g/mol. The molecule has 1 fully saturated rings. The number of carbonyl (C=O) groups is 1. The van der Waals surface area contributed by atoms with Crippen molar-refractivity contribution in [2.45, 2.75) is 46.7 Å². The Kier molecular flexibility index (Phi) is 5.60. The molecule has 1 atom stereocenters. The minimum absolute atomic E-state index is 0.0650.